The summed E-state index contributed by atoms with van der Waals surface area (Å²) in [4.78, 5) is 25.3. The third-order valence-electron chi connectivity index (χ3n) is 3.60. The molecule has 0 N–H and O–H groups in total. The molecule has 1 aromatic rings. The molecule has 2 heterocycles. The number of esters is 1. The molecule has 1 aliphatic heterocycles. The highest BCUT2D eigenvalue weighted by Crippen LogP contribution is 2.17. The van der Waals surface area contributed by atoms with E-state index in [0.717, 1.165) is 32.5 Å². The van der Waals surface area contributed by atoms with Crippen molar-refractivity contribution < 1.29 is 9.53 Å². The molecule has 0 aliphatic carbocycles. The van der Waals surface area contributed by atoms with Gasteiger partial charge in [-0.3, -0.25) is 9.59 Å². The normalized spacial score (nSPS) is 20.2. The fourth-order valence-corrected chi connectivity index (χ4v) is 2.51. The van der Waals surface area contributed by atoms with Crippen molar-refractivity contribution in [2.75, 3.05) is 26.7 Å². The molecule has 0 aromatic carbocycles. The Bertz CT molecular complexity index is 484. The molecule has 0 bridgehead atoms. The minimum Gasteiger partial charge on any atom is -0.469 e. The van der Waals surface area contributed by atoms with E-state index in [1.807, 2.05) is 6.07 Å². The van der Waals surface area contributed by atoms with Crippen LogP contribution in [0.15, 0.2) is 29.2 Å². The van der Waals surface area contributed by atoms with Gasteiger partial charge in [0.15, 0.2) is 0 Å². The van der Waals surface area contributed by atoms with E-state index in [4.69, 9.17) is 4.74 Å². The van der Waals surface area contributed by atoms with E-state index in [2.05, 4.69) is 4.90 Å². The van der Waals surface area contributed by atoms with Gasteiger partial charge in [-0.25, -0.2) is 0 Å². The van der Waals surface area contributed by atoms with Gasteiger partial charge in [-0.1, -0.05) is 6.07 Å². The first-order chi connectivity index (χ1) is 9.20. The van der Waals surface area contributed by atoms with Crippen LogP contribution in [-0.2, 0) is 16.1 Å². The topological polar surface area (TPSA) is 51.5 Å². The van der Waals surface area contributed by atoms with E-state index < -0.39 is 0 Å². The molecule has 5 heteroatoms. The molecular weight excluding hydrogens is 244 g/mol. The second kappa shape index (κ2) is 6.52. The number of rotatable bonds is 4. The molecule has 1 aliphatic rings. The molecule has 2 rings (SSSR count). The summed E-state index contributed by atoms with van der Waals surface area (Å²) in [5, 5.41) is 0. The van der Waals surface area contributed by atoms with Crippen molar-refractivity contribution in [3.05, 3.63) is 34.7 Å². The summed E-state index contributed by atoms with van der Waals surface area (Å²) in [6.45, 7) is 3.16. The van der Waals surface area contributed by atoms with E-state index in [0.29, 0.717) is 6.54 Å². The van der Waals surface area contributed by atoms with Gasteiger partial charge >= 0.3 is 5.97 Å². The molecule has 5 nitrogen and oxygen atoms in total. The molecule has 1 atom stereocenters. The molecule has 0 unspecified atom stereocenters. The molecule has 0 saturated carbocycles. The van der Waals surface area contributed by atoms with Crippen molar-refractivity contribution >= 4 is 5.97 Å². The first-order valence-corrected chi connectivity index (χ1v) is 6.66. The van der Waals surface area contributed by atoms with Gasteiger partial charge in [-0.15, -0.1) is 0 Å². The number of piperidine rings is 1. The standard InChI is InChI=1S/C14H20N2O3/c1-19-14(18)12-5-4-7-15(11-12)9-10-16-8-3-2-6-13(16)17/h2-3,6,8,12H,4-5,7,9-11H2,1H3/t12-/m0/s1. The summed E-state index contributed by atoms with van der Waals surface area (Å²) in [5.41, 5.74) is 0.0176. The number of carbonyl (C=O) groups excluding carboxylic acids is 1. The van der Waals surface area contributed by atoms with Crippen LogP contribution in [0, 0.1) is 5.92 Å². The van der Waals surface area contributed by atoms with Gasteiger partial charge in [-0.2, -0.15) is 0 Å². The van der Waals surface area contributed by atoms with Crippen LogP contribution in [-0.4, -0.2) is 42.2 Å². The van der Waals surface area contributed by atoms with Crippen LogP contribution in [0.2, 0.25) is 0 Å². The molecule has 1 fully saturated rings. The molecule has 1 aromatic heterocycles. The van der Waals surface area contributed by atoms with Gasteiger partial charge in [0.05, 0.1) is 13.0 Å². The van der Waals surface area contributed by atoms with E-state index in [1.54, 1.807) is 22.9 Å². The maximum atomic E-state index is 11.6. The smallest absolute Gasteiger partial charge is 0.309 e. The molecule has 0 radical (unpaired) electrons. The monoisotopic (exact) mass is 264 g/mol. The summed E-state index contributed by atoms with van der Waals surface area (Å²) in [7, 11) is 1.44. The molecule has 1 saturated heterocycles. The number of likely N-dealkylation sites (tertiary alicyclic amines) is 1. The van der Waals surface area contributed by atoms with Gasteiger partial charge in [-0.05, 0) is 25.5 Å². The Labute approximate surface area is 112 Å². The number of ether oxygens (including phenoxy) is 1. The Morgan fingerprint density at radius 3 is 3.00 bits per heavy atom. The summed E-state index contributed by atoms with van der Waals surface area (Å²) >= 11 is 0. The highest BCUT2D eigenvalue weighted by atomic mass is 16.5. The molecular formula is C14H20N2O3. The fraction of sp³-hybridized carbons (Fsp3) is 0.571. The van der Waals surface area contributed by atoms with Gasteiger partial charge in [0, 0.05) is 31.9 Å². The highest BCUT2D eigenvalue weighted by Gasteiger charge is 2.25. The predicted molar refractivity (Wildman–Crippen MR) is 71.9 cm³/mol. The van der Waals surface area contributed by atoms with Crippen LogP contribution in [0.5, 0.6) is 0 Å². The summed E-state index contributed by atoms with van der Waals surface area (Å²) in [6.07, 6.45) is 3.70. The Kier molecular flexibility index (Phi) is 4.74. The number of hydrogen-bond donors (Lipinski definition) is 0. The Hall–Kier alpha value is -1.62. The lowest BCUT2D eigenvalue weighted by Crippen LogP contribution is -2.41. The largest absolute Gasteiger partial charge is 0.469 e. The van der Waals surface area contributed by atoms with Crippen molar-refractivity contribution in [3.8, 4) is 0 Å². The van der Waals surface area contributed by atoms with Crippen molar-refractivity contribution in [2.45, 2.75) is 19.4 Å². The SMILES string of the molecule is COC(=O)[C@H]1CCCN(CCn2ccccc2=O)C1. The third kappa shape index (κ3) is 3.67. The number of nitrogens with zero attached hydrogens (tertiary/aromatic N) is 2. The lowest BCUT2D eigenvalue weighted by molar-refractivity contribution is -0.147. The van der Waals surface area contributed by atoms with Gasteiger partial charge in [0.1, 0.15) is 0 Å². The molecule has 0 amide bonds. The first-order valence-electron chi connectivity index (χ1n) is 6.66. The molecule has 0 spiro atoms. The maximum absolute atomic E-state index is 11.6. The van der Waals surface area contributed by atoms with Crippen LogP contribution in [0.4, 0.5) is 0 Å². The number of aromatic nitrogens is 1. The Balaban J connectivity index is 1.88. The number of pyridine rings is 1. The Morgan fingerprint density at radius 1 is 1.42 bits per heavy atom. The zero-order valence-electron chi connectivity index (χ0n) is 11.2. The zero-order valence-corrected chi connectivity index (χ0v) is 11.2. The van der Waals surface area contributed by atoms with Gasteiger partial charge in [0.25, 0.3) is 5.56 Å². The summed E-state index contributed by atoms with van der Waals surface area (Å²) in [5.74, 6) is -0.146. The van der Waals surface area contributed by atoms with E-state index in [-0.39, 0.29) is 17.4 Å². The average molecular weight is 264 g/mol. The zero-order chi connectivity index (χ0) is 13.7. The quantitative estimate of drug-likeness (QED) is 0.752. The van der Waals surface area contributed by atoms with Crippen molar-refractivity contribution in [1.29, 1.82) is 0 Å². The van der Waals surface area contributed by atoms with Crippen molar-refractivity contribution in [2.24, 2.45) is 5.92 Å². The average Bonchev–Trinajstić information content (AvgIpc) is 2.46. The lowest BCUT2D eigenvalue weighted by Gasteiger charge is -2.31. The minimum atomic E-state index is -0.124. The maximum Gasteiger partial charge on any atom is 0.309 e. The van der Waals surface area contributed by atoms with Gasteiger partial charge in [0.2, 0.25) is 0 Å². The third-order valence-corrected chi connectivity index (χ3v) is 3.60. The van der Waals surface area contributed by atoms with Crippen LogP contribution in [0.1, 0.15) is 12.8 Å². The van der Waals surface area contributed by atoms with Crippen LogP contribution < -0.4 is 5.56 Å². The predicted octanol–water partition coefficient (Wildman–Crippen LogP) is 0.733. The highest BCUT2D eigenvalue weighted by molar-refractivity contribution is 5.72. The second-order valence-corrected chi connectivity index (χ2v) is 4.90. The summed E-state index contributed by atoms with van der Waals surface area (Å²) in [6, 6.07) is 5.16. The number of hydrogen-bond acceptors (Lipinski definition) is 4. The van der Waals surface area contributed by atoms with Crippen molar-refractivity contribution in [3.63, 3.8) is 0 Å². The molecule has 104 valence electrons. The molecule has 19 heavy (non-hydrogen) atoms. The lowest BCUT2D eigenvalue weighted by atomic mass is 9.98. The Morgan fingerprint density at radius 2 is 2.26 bits per heavy atom. The van der Waals surface area contributed by atoms with Crippen LogP contribution >= 0.6 is 0 Å². The van der Waals surface area contributed by atoms with E-state index in [9.17, 15) is 9.59 Å². The first kappa shape index (κ1) is 13.8. The second-order valence-electron chi connectivity index (χ2n) is 4.90. The van der Waals surface area contributed by atoms with Crippen LogP contribution in [0.25, 0.3) is 0 Å². The van der Waals surface area contributed by atoms with E-state index in [1.165, 1.54) is 7.11 Å². The summed E-state index contributed by atoms with van der Waals surface area (Å²) < 4.78 is 6.50. The van der Waals surface area contributed by atoms with Gasteiger partial charge < -0.3 is 14.2 Å². The minimum absolute atomic E-state index is 0.0176. The number of carbonyl (C=O) groups is 1. The van der Waals surface area contributed by atoms with Crippen molar-refractivity contribution in [1.82, 2.24) is 9.47 Å². The fourth-order valence-electron chi connectivity index (χ4n) is 2.51. The van der Waals surface area contributed by atoms with E-state index >= 15 is 0 Å². The number of methoxy groups -OCH3 is 1. The van der Waals surface area contributed by atoms with Crippen LogP contribution in [0.3, 0.4) is 0 Å².